The van der Waals surface area contributed by atoms with E-state index in [4.69, 9.17) is 0 Å². The van der Waals surface area contributed by atoms with Crippen molar-refractivity contribution in [2.24, 2.45) is 0 Å². The standard InChI is InChI=1S/C9H25NSi2/c1-7-10(8-2)12(6)9(3)11(4)5/h9,11-12H,7-8H2,1-6H3. The number of hydrogen-bond donors (Lipinski definition) is 0. The summed E-state index contributed by atoms with van der Waals surface area (Å²) in [7, 11) is -0.961. The summed E-state index contributed by atoms with van der Waals surface area (Å²) in [6.45, 7) is 17.1. The highest BCUT2D eigenvalue weighted by Gasteiger charge is 2.22. The summed E-state index contributed by atoms with van der Waals surface area (Å²) in [4.78, 5) is 0. The highest BCUT2D eigenvalue weighted by molar-refractivity contribution is 6.76. The highest BCUT2D eigenvalue weighted by atomic mass is 28.3. The van der Waals surface area contributed by atoms with Crippen molar-refractivity contribution in [3.05, 3.63) is 0 Å². The van der Waals surface area contributed by atoms with E-state index in [1.165, 1.54) is 13.1 Å². The van der Waals surface area contributed by atoms with Gasteiger partial charge in [-0.15, -0.1) is 0 Å². The molecule has 3 heteroatoms. The molecule has 12 heavy (non-hydrogen) atoms. The van der Waals surface area contributed by atoms with Gasteiger partial charge in [0.15, 0.2) is 0 Å². The smallest absolute Gasteiger partial charge is 0.108 e. The van der Waals surface area contributed by atoms with Crippen LogP contribution >= 0.6 is 0 Å². The van der Waals surface area contributed by atoms with E-state index in [9.17, 15) is 0 Å². The summed E-state index contributed by atoms with van der Waals surface area (Å²) in [5.41, 5.74) is 0. The van der Waals surface area contributed by atoms with Crippen molar-refractivity contribution in [1.82, 2.24) is 4.57 Å². The van der Waals surface area contributed by atoms with Crippen LogP contribution in [0.1, 0.15) is 20.8 Å². The van der Waals surface area contributed by atoms with Crippen LogP contribution < -0.4 is 0 Å². The Balaban J connectivity index is 4.05. The Bertz CT molecular complexity index is 111. The van der Waals surface area contributed by atoms with E-state index in [1.807, 2.05) is 0 Å². The second-order valence-corrected chi connectivity index (χ2v) is 11.6. The van der Waals surface area contributed by atoms with Gasteiger partial charge in [-0.25, -0.2) is 0 Å². The molecule has 0 spiro atoms. The summed E-state index contributed by atoms with van der Waals surface area (Å²) in [5.74, 6) is 0. The Morgan fingerprint density at radius 2 is 1.50 bits per heavy atom. The van der Waals surface area contributed by atoms with Crippen LogP contribution in [0.5, 0.6) is 0 Å². The van der Waals surface area contributed by atoms with Gasteiger partial charge in [-0.2, -0.15) is 0 Å². The predicted molar refractivity (Wildman–Crippen MR) is 64.2 cm³/mol. The van der Waals surface area contributed by atoms with Crippen molar-refractivity contribution in [3.8, 4) is 0 Å². The van der Waals surface area contributed by atoms with Gasteiger partial charge in [-0.1, -0.05) is 40.4 Å². The Labute approximate surface area is 81.5 Å². The van der Waals surface area contributed by atoms with Crippen LogP contribution in [-0.4, -0.2) is 35.4 Å². The lowest BCUT2D eigenvalue weighted by Crippen LogP contribution is -2.42. The van der Waals surface area contributed by atoms with E-state index in [2.05, 4.69) is 45.0 Å². The maximum Gasteiger partial charge on any atom is 0.108 e. The average Bonchev–Trinajstić information content (AvgIpc) is 2.05. The minimum absolute atomic E-state index is 0.386. The molecule has 2 atom stereocenters. The lowest BCUT2D eigenvalue weighted by Gasteiger charge is -2.31. The molecule has 0 aliphatic carbocycles. The quantitative estimate of drug-likeness (QED) is 0.619. The van der Waals surface area contributed by atoms with Gasteiger partial charge >= 0.3 is 0 Å². The summed E-state index contributed by atoms with van der Waals surface area (Å²) >= 11 is 0. The third-order valence-electron chi connectivity index (χ3n) is 3.20. The first-order valence-corrected chi connectivity index (χ1v) is 10.6. The first kappa shape index (κ1) is 12.4. The minimum Gasteiger partial charge on any atom is -0.327 e. The van der Waals surface area contributed by atoms with Gasteiger partial charge in [0.05, 0.1) is 0 Å². The van der Waals surface area contributed by atoms with Crippen molar-refractivity contribution in [1.29, 1.82) is 0 Å². The SMILES string of the molecule is CCN(CC)[SiH](C)C(C)[SiH](C)C. The largest absolute Gasteiger partial charge is 0.327 e. The summed E-state index contributed by atoms with van der Waals surface area (Å²) in [6, 6.07) is 0. The fourth-order valence-electron chi connectivity index (χ4n) is 1.69. The van der Waals surface area contributed by atoms with Crippen LogP contribution in [0, 0.1) is 0 Å². The molecule has 1 nitrogen and oxygen atoms in total. The topological polar surface area (TPSA) is 3.24 Å². The van der Waals surface area contributed by atoms with Crippen LogP contribution in [0.15, 0.2) is 0 Å². The molecule has 0 bridgehead atoms. The summed E-state index contributed by atoms with van der Waals surface area (Å²) in [6.07, 6.45) is 0. The fourth-order valence-corrected chi connectivity index (χ4v) is 8.69. The van der Waals surface area contributed by atoms with E-state index in [1.54, 1.807) is 0 Å². The van der Waals surface area contributed by atoms with Crippen LogP contribution in [0.3, 0.4) is 0 Å². The Hall–Kier alpha value is 0.394. The van der Waals surface area contributed by atoms with Crippen molar-refractivity contribution in [2.45, 2.75) is 45.6 Å². The molecule has 0 aromatic rings. The van der Waals surface area contributed by atoms with E-state index in [-0.39, 0.29) is 8.80 Å². The third kappa shape index (κ3) is 3.41. The maximum absolute atomic E-state index is 2.71. The van der Waals surface area contributed by atoms with Crippen molar-refractivity contribution >= 4 is 17.8 Å². The molecule has 0 radical (unpaired) electrons. The van der Waals surface area contributed by atoms with Gasteiger partial charge in [0, 0.05) is 8.80 Å². The molecule has 0 saturated heterocycles. The van der Waals surface area contributed by atoms with Crippen LogP contribution in [0.25, 0.3) is 0 Å². The zero-order valence-electron chi connectivity index (χ0n) is 9.59. The second kappa shape index (κ2) is 5.94. The van der Waals surface area contributed by atoms with Crippen LogP contribution in [0.2, 0.25) is 24.8 Å². The zero-order valence-corrected chi connectivity index (χ0v) is 11.9. The molecule has 0 fully saturated rings. The molecular weight excluding hydrogens is 178 g/mol. The fraction of sp³-hybridized carbons (Fsp3) is 1.00. The number of hydrogen-bond acceptors (Lipinski definition) is 1. The molecule has 0 rings (SSSR count). The molecule has 0 N–H and O–H groups in total. The molecule has 0 amide bonds. The molecule has 74 valence electrons. The molecular formula is C9H25NSi2. The predicted octanol–water partition coefficient (Wildman–Crippen LogP) is 2.10. The molecule has 0 saturated carbocycles. The number of rotatable bonds is 5. The van der Waals surface area contributed by atoms with Gasteiger partial charge in [0.1, 0.15) is 8.96 Å². The number of nitrogens with zero attached hydrogens (tertiary/aromatic N) is 1. The summed E-state index contributed by atoms with van der Waals surface area (Å²) in [5, 5.41) is 1.07. The normalized spacial score (nSPS) is 17.0. The van der Waals surface area contributed by atoms with E-state index < -0.39 is 8.96 Å². The lowest BCUT2D eigenvalue weighted by molar-refractivity contribution is 0.478. The monoisotopic (exact) mass is 203 g/mol. The minimum atomic E-state index is -0.574. The van der Waals surface area contributed by atoms with Gasteiger partial charge in [-0.05, 0) is 18.3 Å². The van der Waals surface area contributed by atoms with Crippen LogP contribution in [0.4, 0.5) is 0 Å². The molecule has 0 aliphatic rings. The van der Waals surface area contributed by atoms with Gasteiger partial charge in [-0.3, -0.25) is 0 Å². The Kier molecular flexibility index (Phi) is 6.14. The highest BCUT2D eigenvalue weighted by Crippen LogP contribution is 2.16. The second-order valence-electron chi connectivity index (χ2n) is 4.06. The zero-order chi connectivity index (χ0) is 9.72. The molecule has 2 unspecified atom stereocenters. The van der Waals surface area contributed by atoms with Crippen molar-refractivity contribution < 1.29 is 0 Å². The van der Waals surface area contributed by atoms with Gasteiger partial charge < -0.3 is 4.57 Å². The van der Waals surface area contributed by atoms with E-state index in [0.717, 1.165) is 5.16 Å². The Morgan fingerprint density at radius 1 is 1.08 bits per heavy atom. The third-order valence-corrected chi connectivity index (χ3v) is 12.7. The first-order chi connectivity index (χ1) is 5.54. The molecule has 0 heterocycles. The first-order valence-electron chi connectivity index (χ1n) is 5.28. The van der Waals surface area contributed by atoms with Crippen molar-refractivity contribution in [3.63, 3.8) is 0 Å². The average molecular weight is 203 g/mol. The van der Waals surface area contributed by atoms with Crippen molar-refractivity contribution in [2.75, 3.05) is 13.1 Å². The maximum atomic E-state index is 2.71. The Morgan fingerprint density at radius 3 is 1.75 bits per heavy atom. The lowest BCUT2D eigenvalue weighted by atomic mass is 10.7. The van der Waals surface area contributed by atoms with Gasteiger partial charge in [0.2, 0.25) is 0 Å². The summed E-state index contributed by atoms with van der Waals surface area (Å²) < 4.78 is 2.71. The van der Waals surface area contributed by atoms with E-state index in [0.29, 0.717) is 0 Å². The van der Waals surface area contributed by atoms with Crippen LogP contribution in [-0.2, 0) is 0 Å². The van der Waals surface area contributed by atoms with Gasteiger partial charge in [0.25, 0.3) is 0 Å². The molecule has 0 aromatic heterocycles. The molecule has 0 aromatic carbocycles. The molecule has 0 aliphatic heterocycles. The van der Waals surface area contributed by atoms with E-state index >= 15 is 0 Å².